The van der Waals surface area contributed by atoms with Crippen LogP contribution < -0.4 is 11.1 Å². The standard InChI is InChI=1S/C14H27N3O.2ClH/c1-2-17-8-4-6-12(17)10-16-14(18)9-11-5-3-7-13(11)15;;/h11-13H,2-10,15H2,1H3,(H,16,18);2*1H/t11-,12?,13+;;/m0../s1. The van der Waals surface area contributed by atoms with E-state index in [0.717, 1.165) is 25.9 Å². The van der Waals surface area contributed by atoms with Crippen molar-refractivity contribution in [2.75, 3.05) is 19.6 Å². The summed E-state index contributed by atoms with van der Waals surface area (Å²) in [6.45, 7) is 5.28. The van der Waals surface area contributed by atoms with E-state index in [1.807, 2.05) is 0 Å². The molecule has 0 aromatic heterocycles. The molecule has 0 spiro atoms. The Labute approximate surface area is 135 Å². The lowest BCUT2D eigenvalue weighted by Crippen LogP contribution is -2.41. The Morgan fingerprint density at radius 2 is 2.00 bits per heavy atom. The first-order valence-electron chi connectivity index (χ1n) is 7.47. The molecule has 20 heavy (non-hydrogen) atoms. The molecule has 0 aromatic rings. The zero-order valence-corrected chi connectivity index (χ0v) is 14.0. The van der Waals surface area contributed by atoms with E-state index in [1.165, 1.54) is 25.8 Å². The third-order valence-corrected chi connectivity index (χ3v) is 4.61. The first kappa shape index (κ1) is 20.0. The molecule has 0 aromatic carbocycles. The van der Waals surface area contributed by atoms with Gasteiger partial charge in [0.1, 0.15) is 0 Å². The molecular formula is C14H29Cl2N3O. The number of hydrogen-bond acceptors (Lipinski definition) is 3. The van der Waals surface area contributed by atoms with Crippen molar-refractivity contribution in [1.29, 1.82) is 0 Å². The number of carbonyl (C=O) groups is 1. The molecule has 1 unspecified atom stereocenters. The predicted molar refractivity (Wildman–Crippen MR) is 87.7 cm³/mol. The maximum atomic E-state index is 11.9. The lowest BCUT2D eigenvalue weighted by atomic mass is 10.00. The Morgan fingerprint density at radius 1 is 1.25 bits per heavy atom. The van der Waals surface area contributed by atoms with E-state index in [9.17, 15) is 4.79 Å². The SMILES string of the molecule is CCN1CCCC1CNC(=O)C[C@@H]1CCC[C@H]1N.Cl.Cl. The molecule has 1 saturated heterocycles. The van der Waals surface area contributed by atoms with Crippen LogP contribution in [-0.4, -0.2) is 42.5 Å². The van der Waals surface area contributed by atoms with Gasteiger partial charge in [-0.3, -0.25) is 9.69 Å². The van der Waals surface area contributed by atoms with Crippen molar-refractivity contribution >= 4 is 30.7 Å². The summed E-state index contributed by atoms with van der Waals surface area (Å²) < 4.78 is 0. The molecule has 3 atom stereocenters. The van der Waals surface area contributed by atoms with Crippen molar-refractivity contribution in [3.63, 3.8) is 0 Å². The molecule has 6 heteroatoms. The molecule has 3 N–H and O–H groups in total. The summed E-state index contributed by atoms with van der Waals surface area (Å²) in [5.41, 5.74) is 6.00. The first-order chi connectivity index (χ1) is 8.70. The zero-order valence-electron chi connectivity index (χ0n) is 12.3. The monoisotopic (exact) mass is 325 g/mol. The average Bonchev–Trinajstić information content (AvgIpc) is 2.96. The highest BCUT2D eigenvalue weighted by Crippen LogP contribution is 2.26. The van der Waals surface area contributed by atoms with E-state index in [2.05, 4.69) is 17.1 Å². The van der Waals surface area contributed by atoms with Crippen LogP contribution in [0.4, 0.5) is 0 Å². The lowest BCUT2D eigenvalue weighted by Gasteiger charge is -2.23. The van der Waals surface area contributed by atoms with Crippen LogP contribution >= 0.6 is 24.8 Å². The summed E-state index contributed by atoms with van der Waals surface area (Å²) in [7, 11) is 0. The Morgan fingerprint density at radius 3 is 2.60 bits per heavy atom. The van der Waals surface area contributed by atoms with E-state index in [-0.39, 0.29) is 36.8 Å². The van der Waals surface area contributed by atoms with Gasteiger partial charge in [-0.2, -0.15) is 0 Å². The first-order valence-corrected chi connectivity index (χ1v) is 7.47. The van der Waals surface area contributed by atoms with Crippen LogP contribution in [0, 0.1) is 5.92 Å². The number of amides is 1. The summed E-state index contributed by atoms with van der Waals surface area (Å²) in [6.07, 6.45) is 6.51. The number of nitrogens with two attached hydrogens (primary N) is 1. The van der Waals surface area contributed by atoms with Crippen molar-refractivity contribution in [3.05, 3.63) is 0 Å². The fourth-order valence-electron chi connectivity index (χ4n) is 3.40. The van der Waals surface area contributed by atoms with E-state index in [0.29, 0.717) is 18.4 Å². The van der Waals surface area contributed by atoms with Crippen molar-refractivity contribution in [1.82, 2.24) is 10.2 Å². The average molecular weight is 326 g/mol. The zero-order chi connectivity index (χ0) is 13.0. The number of halogens is 2. The molecule has 0 radical (unpaired) electrons. The van der Waals surface area contributed by atoms with E-state index >= 15 is 0 Å². The Kier molecular flexibility index (Phi) is 9.81. The topological polar surface area (TPSA) is 58.4 Å². The molecule has 1 saturated carbocycles. The highest BCUT2D eigenvalue weighted by atomic mass is 35.5. The van der Waals surface area contributed by atoms with Crippen molar-refractivity contribution in [2.24, 2.45) is 11.7 Å². The van der Waals surface area contributed by atoms with Gasteiger partial charge in [0.15, 0.2) is 0 Å². The summed E-state index contributed by atoms with van der Waals surface area (Å²) in [5, 5.41) is 3.10. The molecule has 2 rings (SSSR count). The summed E-state index contributed by atoms with van der Waals surface area (Å²) in [5.74, 6) is 0.608. The van der Waals surface area contributed by atoms with Crippen LogP contribution in [0.5, 0.6) is 0 Å². The van der Waals surface area contributed by atoms with Crippen LogP contribution in [0.15, 0.2) is 0 Å². The molecule has 1 aliphatic carbocycles. The largest absolute Gasteiger partial charge is 0.355 e. The molecular weight excluding hydrogens is 297 g/mol. The number of nitrogens with one attached hydrogen (secondary N) is 1. The van der Waals surface area contributed by atoms with Gasteiger partial charge in [-0.15, -0.1) is 24.8 Å². The maximum absolute atomic E-state index is 11.9. The third kappa shape index (κ3) is 5.40. The fourth-order valence-corrected chi connectivity index (χ4v) is 3.40. The molecule has 4 nitrogen and oxygen atoms in total. The predicted octanol–water partition coefficient (Wildman–Crippen LogP) is 1.95. The minimum Gasteiger partial charge on any atom is -0.355 e. The van der Waals surface area contributed by atoms with Crippen molar-refractivity contribution in [3.8, 4) is 0 Å². The van der Waals surface area contributed by atoms with Gasteiger partial charge in [0.25, 0.3) is 0 Å². The molecule has 120 valence electrons. The van der Waals surface area contributed by atoms with E-state index in [1.54, 1.807) is 0 Å². The number of likely N-dealkylation sites (tertiary alicyclic amines) is 1. The molecule has 1 aliphatic heterocycles. The van der Waals surface area contributed by atoms with Gasteiger partial charge in [0, 0.05) is 25.0 Å². The third-order valence-electron chi connectivity index (χ3n) is 4.61. The highest BCUT2D eigenvalue weighted by Gasteiger charge is 2.27. The number of likely N-dealkylation sites (N-methyl/N-ethyl adjacent to an activating group) is 1. The van der Waals surface area contributed by atoms with Gasteiger partial charge < -0.3 is 11.1 Å². The van der Waals surface area contributed by atoms with Gasteiger partial charge in [-0.25, -0.2) is 0 Å². The second-order valence-electron chi connectivity index (χ2n) is 5.79. The second kappa shape index (κ2) is 9.82. The summed E-state index contributed by atoms with van der Waals surface area (Å²) in [6, 6.07) is 0.797. The highest BCUT2D eigenvalue weighted by molar-refractivity contribution is 5.85. The van der Waals surface area contributed by atoms with Crippen LogP contribution in [0.25, 0.3) is 0 Å². The summed E-state index contributed by atoms with van der Waals surface area (Å²) in [4.78, 5) is 14.4. The van der Waals surface area contributed by atoms with Gasteiger partial charge in [-0.05, 0) is 44.7 Å². The lowest BCUT2D eigenvalue weighted by molar-refractivity contribution is -0.122. The van der Waals surface area contributed by atoms with Crippen LogP contribution in [0.2, 0.25) is 0 Å². The van der Waals surface area contributed by atoms with Crippen molar-refractivity contribution in [2.45, 2.75) is 57.5 Å². The van der Waals surface area contributed by atoms with E-state index in [4.69, 9.17) is 5.73 Å². The van der Waals surface area contributed by atoms with Gasteiger partial charge in [0.2, 0.25) is 5.91 Å². The van der Waals surface area contributed by atoms with E-state index < -0.39 is 0 Å². The van der Waals surface area contributed by atoms with Gasteiger partial charge in [-0.1, -0.05) is 13.3 Å². The Hall–Kier alpha value is -0.0300. The van der Waals surface area contributed by atoms with Crippen LogP contribution in [-0.2, 0) is 4.79 Å². The Balaban J connectivity index is 0.00000180. The summed E-state index contributed by atoms with van der Waals surface area (Å²) >= 11 is 0. The van der Waals surface area contributed by atoms with Gasteiger partial charge in [0.05, 0.1) is 0 Å². The molecule has 2 aliphatic rings. The van der Waals surface area contributed by atoms with Crippen LogP contribution in [0.1, 0.15) is 45.4 Å². The maximum Gasteiger partial charge on any atom is 0.220 e. The quantitative estimate of drug-likeness (QED) is 0.812. The number of hydrogen-bond donors (Lipinski definition) is 2. The molecule has 1 heterocycles. The van der Waals surface area contributed by atoms with Gasteiger partial charge >= 0.3 is 0 Å². The minimum absolute atomic E-state index is 0. The number of rotatable bonds is 5. The minimum atomic E-state index is 0. The number of nitrogens with zero attached hydrogens (tertiary/aromatic N) is 1. The Bertz CT molecular complexity index is 292. The molecule has 2 fully saturated rings. The smallest absolute Gasteiger partial charge is 0.220 e. The number of carbonyl (C=O) groups excluding carboxylic acids is 1. The molecule has 1 amide bonds. The van der Waals surface area contributed by atoms with Crippen LogP contribution in [0.3, 0.4) is 0 Å². The normalized spacial score (nSPS) is 29.6. The van der Waals surface area contributed by atoms with Crippen molar-refractivity contribution < 1.29 is 4.79 Å². The second-order valence-corrected chi connectivity index (χ2v) is 5.79. The fraction of sp³-hybridized carbons (Fsp3) is 0.929. The molecule has 0 bridgehead atoms.